The number of carbonyl (C=O) groups excluding carboxylic acids is 1. The molecule has 0 unspecified atom stereocenters. The smallest absolute Gasteiger partial charge is 0.274 e. The van der Waals surface area contributed by atoms with E-state index in [1.54, 1.807) is 6.20 Å². The molecule has 1 amide bonds. The van der Waals surface area contributed by atoms with Crippen molar-refractivity contribution in [1.29, 1.82) is 0 Å². The second-order valence-electron chi connectivity index (χ2n) is 8.32. The minimum atomic E-state index is -0.158. The molecule has 1 saturated heterocycles. The molecule has 26 heavy (non-hydrogen) atoms. The Kier molecular flexibility index (Phi) is 5.30. The number of benzene rings is 1. The highest BCUT2D eigenvalue weighted by atomic mass is 16.1. The van der Waals surface area contributed by atoms with Crippen LogP contribution < -0.4 is 10.2 Å². The van der Waals surface area contributed by atoms with Gasteiger partial charge >= 0.3 is 0 Å². The van der Waals surface area contributed by atoms with E-state index in [-0.39, 0.29) is 11.3 Å². The molecule has 1 N–H and O–H groups in total. The second kappa shape index (κ2) is 7.48. The normalized spacial score (nSPS) is 15.8. The Balaban J connectivity index is 1.78. The molecule has 138 valence electrons. The van der Waals surface area contributed by atoms with Gasteiger partial charge in [-0.2, -0.15) is 0 Å². The van der Waals surface area contributed by atoms with Crippen molar-refractivity contribution < 1.29 is 4.79 Å². The lowest BCUT2D eigenvalue weighted by atomic mass is 9.86. The number of piperidine rings is 1. The number of nitrogens with zero attached hydrogens (tertiary/aromatic N) is 2. The van der Waals surface area contributed by atoms with Gasteiger partial charge in [-0.1, -0.05) is 45.9 Å². The van der Waals surface area contributed by atoms with Crippen LogP contribution >= 0.6 is 0 Å². The number of hydrogen-bond acceptors (Lipinski definition) is 3. The van der Waals surface area contributed by atoms with E-state index < -0.39 is 0 Å². The predicted molar refractivity (Wildman–Crippen MR) is 108 cm³/mol. The van der Waals surface area contributed by atoms with E-state index >= 15 is 0 Å². The minimum absolute atomic E-state index is 0.0381. The van der Waals surface area contributed by atoms with Gasteiger partial charge in [0.2, 0.25) is 0 Å². The molecule has 2 heterocycles. The van der Waals surface area contributed by atoms with Crippen LogP contribution in [0, 0.1) is 5.92 Å². The molecule has 1 aromatic carbocycles. The summed E-state index contributed by atoms with van der Waals surface area (Å²) in [5, 5.41) is 3.05. The summed E-state index contributed by atoms with van der Waals surface area (Å²) in [7, 11) is 0. The van der Waals surface area contributed by atoms with Crippen LogP contribution in [-0.2, 0) is 5.41 Å². The summed E-state index contributed by atoms with van der Waals surface area (Å²) in [5.74, 6) is 0.624. The van der Waals surface area contributed by atoms with Crippen molar-refractivity contribution >= 4 is 17.3 Å². The van der Waals surface area contributed by atoms with Gasteiger partial charge in [0.1, 0.15) is 5.69 Å². The first kappa shape index (κ1) is 18.4. The third-order valence-electron chi connectivity index (χ3n) is 5.11. The maximum atomic E-state index is 12.8. The zero-order valence-corrected chi connectivity index (χ0v) is 16.2. The number of hydrogen-bond donors (Lipinski definition) is 1. The van der Waals surface area contributed by atoms with Crippen LogP contribution in [0.2, 0.25) is 0 Å². The van der Waals surface area contributed by atoms with E-state index in [0.717, 1.165) is 35.9 Å². The molecule has 4 heteroatoms. The van der Waals surface area contributed by atoms with Crippen LogP contribution in [0.1, 0.15) is 56.6 Å². The molecular formula is C22H29N3O. The quantitative estimate of drug-likeness (QED) is 0.858. The third-order valence-corrected chi connectivity index (χ3v) is 5.11. The third kappa shape index (κ3) is 4.24. The highest BCUT2D eigenvalue weighted by Gasteiger charge is 2.20. The van der Waals surface area contributed by atoms with Gasteiger partial charge in [-0.3, -0.25) is 9.78 Å². The van der Waals surface area contributed by atoms with Gasteiger partial charge < -0.3 is 10.2 Å². The van der Waals surface area contributed by atoms with E-state index in [2.05, 4.69) is 49.0 Å². The average molecular weight is 351 g/mol. The Morgan fingerprint density at radius 2 is 1.85 bits per heavy atom. The number of rotatable bonds is 3. The highest BCUT2D eigenvalue weighted by molar-refractivity contribution is 6.03. The van der Waals surface area contributed by atoms with E-state index in [1.807, 2.05) is 30.3 Å². The van der Waals surface area contributed by atoms with Crippen LogP contribution in [0.25, 0.3) is 0 Å². The largest absolute Gasteiger partial charge is 0.371 e. The second-order valence-corrected chi connectivity index (χ2v) is 8.32. The molecule has 1 aliphatic rings. The molecule has 1 aromatic heterocycles. The van der Waals surface area contributed by atoms with Crippen LogP contribution in [-0.4, -0.2) is 24.0 Å². The Bertz CT molecular complexity index is 771. The molecule has 0 radical (unpaired) electrons. The zero-order chi connectivity index (χ0) is 18.7. The summed E-state index contributed by atoms with van der Waals surface area (Å²) in [6.45, 7) is 10.8. The van der Waals surface area contributed by atoms with Crippen LogP contribution in [0.4, 0.5) is 11.4 Å². The maximum Gasteiger partial charge on any atom is 0.274 e. The summed E-state index contributed by atoms with van der Waals surface area (Å²) < 4.78 is 0. The molecule has 1 aliphatic heterocycles. The van der Waals surface area contributed by atoms with Crippen LogP contribution in [0.3, 0.4) is 0 Å². The summed E-state index contributed by atoms with van der Waals surface area (Å²) >= 11 is 0. The standard InChI is InChI=1S/C22H29N3O/c1-16-10-13-25(14-11-16)17-9-12-23-20(15-17)21(26)24-19-8-6-5-7-18(19)22(2,3)4/h5-9,12,15-16H,10-11,13-14H2,1-4H3,(H,24,26). The van der Waals surface area contributed by atoms with Crippen molar-refractivity contribution in [2.75, 3.05) is 23.3 Å². The molecule has 0 bridgehead atoms. The van der Waals surface area contributed by atoms with Crippen LogP contribution in [0.15, 0.2) is 42.6 Å². The molecule has 3 rings (SSSR count). The first-order chi connectivity index (χ1) is 12.3. The lowest BCUT2D eigenvalue weighted by molar-refractivity contribution is 0.102. The lowest BCUT2D eigenvalue weighted by Crippen LogP contribution is -2.33. The number of carbonyl (C=O) groups is 1. The van der Waals surface area contributed by atoms with Gasteiger partial charge in [0.25, 0.3) is 5.91 Å². The highest BCUT2D eigenvalue weighted by Crippen LogP contribution is 2.29. The van der Waals surface area contributed by atoms with Crippen molar-refractivity contribution in [3.05, 3.63) is 53.9 Å². The van der Waals surface area contributed by atoms with Gasteiger partial charge in [-0.25, -0.2) is 0 Å². The Morgan fingerprint density at radius 3 is 2.54 bits per heavy atom. The van der Waals surface area contributed by atoms with E-state index in [4.69, 9.17) is 0 Å². The summed E-state index contributed by atoms with van der Waals surface area (Å²) in [6.07, 6.45) is 4.13. The SMILES string of the molecule is CC1CCN(c2ccnc(C(=O)Nc3ccccc3C(C)(C)C)c2)CC1. The van der Waals surface area contributed by atoms with Crippen molar-refractivity contribution in [1.82, 2.24) is 4.98 Å². The summed E-state index contributed by atoms with van der Waals surface area (Å²) in [6, 6.07) is 11.9. The van der Waals surface area contributed by atoms with Gasteiger partial charge in [0, 0.05) is 30.7 Å². The summed E-state index contributed by atoms with van der Waals surface area (Å²) in [5.41, 5.74) is 3.48. The van der Waals surface area contributed by atoms with Gasteiger partial charge in [0.15, 0.2) is 0 Å². The molecule has 0 spiro atoms. The number of nitrogens with one attached hydrogen (secondary N) is 1. The molecule has 0 atom stereocenters. The Morgan fingerprint density at radius 1 is 1.15 bits per heavy atom. The predicted octanol–water partition coefficient (Wildman–Crippen LogP) is 4.87. The van der Waals surface area contributed by atoms with E-state index in [1.165, 1.54) is 12.8 Å². The zero-order valence-electron chi connectivity index (χ0n) is 16.2. The van der Waals surface area contributed by atoms with Crippen LogP contribution in [0.5, 0.6) is 0 Å². The van der Waals surface area contributed by atoms with Gasteiger partial charge in [-0.15, -0.1) is 0 Å². The van der Waals surface area contributed by atoms with E-state index in [9.17, 15) is 4.79 Å². The number of pyridine rings is 1. The first-order valence-electron chi connectivity index (χ1n) is 9.46. The maximum absolute atomic E-state index is 12.8. The lowest BCUT2D eigenvalue weighted by Gasteiger charge is -2.32. The Hall–Kier alpha value is -2.36. The fourth-order valence-electron chi connectivity index (χ4n) is 3.44. The molecular weight excluding hydrogens is 322 g/mol. The fourth-order valence-corrected chi connectivity index (χ4v) is 3.44. The van der Waals surface area contributed by atoms with E-state index in [0.29, 0.717) is 5.69 Å². The molecule has 0 aliphatic carbocycles. The number of anilines is 2. The Labute approximate surface area is 156 Å². The molecule has 0 saturated carbocycles. The summed E-state index contributed by atoms with van der Waals surface area (Å²) in [4.78, 5) is 19.4. The first-order valence-corrected chi connectivity index (χ1v) is 9.46. The fraction of sp³-hybridized carbons (Fsp3) is 0.455. The van der Waals surface area contributed by atoms with Crippen molar-refractivity contribution in [3.63, 3.8) is 0 Å². The molecule has 4 nitrogen and oxygen atoms in total. The molecule has 2 aromatic rings. The van der Waals surface area contributed by atoms with Gasteiger partial charge in [-0.05, 0) is 47.9 Å². The average Bonchev–Trinajstić information content (AvgIpc) is 2.62. The van der Waals surface area contributed by atoms with Crippen molar-refractivity contribution in [2.24, 2.45) is 5.92 Å². The van der Waals surface area contributed by atoms with Crippen molar-refractivity contribution in [3.8, 4) is 0 Å². The monoisotopic (exact) mass is 351 g/mol. The van der Waals surface area contributed by atoms with Crippen molar-refractivity contribution in [2.45, 2.75) is 46.0 Å². The minimum Gasteiger partial charge on any atom is -0.371 e. The topological polar surface area (TPSA) is 45.2 Å². The number of amides is 1. The number of aromatic nitrogens is 1. The number of para-hydroxylation sites is 1. The van der Waals surface area contributed by atoms with Gasteiger partial charge in [0.05, 0.1) is 0 Å². The molecule has 1 fully saturated rings.